The summed E-state index contributed by atoms with van der Waals surface area (Å²) in [7, 11) is 0. The molecule has 0 aromatic rings. The van der Waals surface area contributed by atoms with E-state index in [9.17, 15) is 9.90 Å². The molecular formula is C11H21NO5. The molecule has 1 fully saturated rings. The van der Waals surface area contributed by atoms with E-state index in [4.69, 9.17) is 14.9 Å². The number of amides is 1. The minimum atomic E-state index is -1.34. The van der Waals surface area contributed by atoms with Gasteiger partial charge in [-0.15, -0.1) is 0 Å². The second-order valence-electron chi connectivity index (χ2n) is 5.53. The molecule has 0 unspecified atom stereocenters. The summed E-state index contributed by atoms with van der Waals surface area (Å²) in [5.74, 6) is 0. The van der Waals surface area contributed by atoms with Gasteiger partial charge in [-0.2, -0.15) is 0 Å². The van der Waals surface area contributed by atoms with Crippen LogP contribution < -0.4 is 0 Å². The van der Waals surface area contributed by atoms with E-state index in [1.807, 2.05) is 0 Å². The molecule has 1 amide bonds. The van der Waals surface area contributed by atoms with Crippen LogP contribution in [0.25, 0.3) is 0 Å². The predicted octanol–water partition coefficient (Wildman–Crippen LogP) is -0.289. The average molecular weight is 247 g/mol. The predicted molar refractivity (Wildman–Crippen MR) is 60.5 cm³/mol. The maximum atomic E-state index is 11.8. The van der Waals surface area contributed by atoms with Gasteiger partial charge in [0.15, 0.2) is 0 Å². The Morgan fingerprint density at radius 3 is 2.47 bits per heavy atom. The van der Waals surface area contributed by atoms with Gasteiger partial charge < -0.3 is 20.1 Å². The Morgan fingerprint density at radius 1 is 1.47 bits per heavy atom. The van der Waals surface area contributed by atoms with Crippen molar-refractivity contribution < 1.29 is 24.9 Å². The first kappa shape index (κ1) is 14.2. The van der Waals surface area contributed by atoms with E-state index in [0.29, 0.717) is 0 Å². The van der Waals surface area contributed by atoms with E-state index in [1.54, 1.807) is 20.8 Å². The summed E-state index contributed by atoms with van der Waals surface area (Å²) in [5, 5.41) is 28.1. The molecule has 2 atom stereocenters. The number of aliphatic hydroxyl groups excluding tert-OH is 2. The van der Waals surface area contributed by atoms with E-state index in [1.165, 1.54) is 4.90 Å². The van der Waals surface area contributed by atoms with Crippen molar-refractivity contribution in [2.75, 3.05) is 19.8 Å². The van der Waals surface area contributed by atoms with Gasteiger partial charge in [-0.1, -0.05) is 0 Å². The summed E-state index contributed by atoms with van der Waals surface area (Å²) < 4.78 is 5.17. The second kappa shape index (κ2) is 4.80. The van der Waals surface area contributed by atoms with Gasteiger partial charge in [0.05, 0.1) is 25.8 Å². The Balaban J connectivity index is 2.73. The molecule has 0 aromatic heterocycles. The largest absolute Gasteiger partial charge is 0.444 e. The van der Waals surface area contributed by atoms with Crippen LogP contribution in [0.2, 0.25) is 0 Å². The number of ether oxygens (including phenoxy) is 1. The zero-order chi connectivity index (χ0) is 13.3. The van der Waals surface area contributed by atoms with Crippen LogP contribution >= 0.6 is 0 Å². The fourth-order valence-corrected chi connectivity index (χ4v) is 1.87. The van der Waals surface area contributed by atoms with Crippen LogP contribution in [0.15, 0.2) is 0 Å². The van der Waals surface area contributed by atoms with Crippen LogP contribution in [0.5, 0.6) is 0 Å². The zero-order valence-electron chi connectivity index (χ0n) is 10.5. The average Bonchev–Trinajstić information content (AvgIpc) is 2.54. The molecule has 0 aromatic carbocycles. The van der Waals surface area contributed by atoms with E-state index >= 15 is 0 Å². The lowest BCUT2D eigenvalue weighted by Gasteiger charge is -2.27. The van der Waals surface area contributed by atoms with E-state index < -0.39 is 29.9 Å². The van der Waals surface area contributed by atoms with E-state index in [0.717, 1.165) is 0 Å². The highest BCUT2D eigenvalue weighted by atomic mass is 16.6. The number of rotatable bonds is 2. The number of hydrogen-bond donors (Lipinski definition) is 3. The molecule has 0 saturated carbocycles. The van der Waals surface area contributed by atoms with Crippen molar-refractivity contribution in [3.63, 3.8) is 0 Å². The molecule has 6 nitrogen and oxygen atoms in total. The summed E-state index contributed by atoms with van der Waals surface area (Å²) in [6, 6.07) is -0.512. The number of hydrogen-bond acceptors (Lipinski definition) is 5. The highest BCUT2D eigenvalue weighted by Gasteiger charge is 2.45. The number of carbonyl (C=O) groups excluding carboxylic acids is 1. The third-order valence-corrected chi connectivity index (χ3v) is 2.65. The lowest BCUT2D eigenvalue weighted by molar-refractivity contribution is -0.0124. The van der Waals surface area contributed by atoms with Gasteiger partial charge in [-0.25, -0.2) is 4.79 Å². The number of nitrogens with zero attached hydrogens (tertiary/aromatic N) is 1. The standard InChI is InChI=1S/C11H21NO5/c1-10(2,3)17-9(15)12-6-11(16,7-14)4-8(12)5-13/h8,13-14,16H,4-7H2,1-3H3/t8-,11-/m0/s1. The minimum absolute atomic E-state index is 0.0242. The molecule has 0 spiro atoms. The minimum Gasteiger partial charge on any atom is -0.444 e. The number of carbonyl (C=O) groups is 1. The van der Waals surface area contributed by atoms with Crippen LogP contribution in [-0.2, 0) is 4.74 Å². The number of aliphatic hydroxyl groups is 3. The molecule has 0 radical (unpaired) electrons. The monoisotopic (exact) mass is 247 g/mol. The lowest BCUT2D eigenvalue weighted by atomic mass is 10.0. The van der Waals surface area contributed by atoms with Crippen molar-refractivity contribution in [3.05, 3.63) is 0 Å². The van der Waals surface area contributed by atoms with Gasteiger partial charge in [0.25, 0.3) is 0 Å². The molecule has 100 valence electrons. The Morgan fingerprint density at radius 2 is 2.06 bits per heavy atom. The quantitative estimate of drug-likeness (QED) is 0.624. The molecular weight excluding hydrogens is 226 g/mol. The van der Waals surface area contributed by atoms with Crippen molar-refractivity contribution in [1.29, 1.82) is 0 Å². The van der Waals surface area contributed by atoms with Crippen LogP contribution in [0.1, 0.15) is 27.2 Å². The maximum absolute atomic E-state index is 11.8. The van der Waals surface area contributed by atoms with Gasteiger partial charge in [0.2, 0.25) is 0 Å². The Kier molecular flexibility index (Phi) is 4.01. The third-order valence-electron chi connectivity index (χ3n) is 2.65. The van der Waals surface area contributed by atoms with E-state index in [-0.39, 0.29) is 19.6 Å². The summed E-state index contributed by atoms with van der Waals surface area (Å²) in [6.45, 7) is 4.50. The van der Waals surface area contributed by atoms with Gasteiger partial charge in [0, 0.05) is 6.42 Å². The van der Waals surface area contributed by atoms with Gasteiger partial charge in [0.1, 0.15) is 11.2 Å². The molecule has 1 rings (SSSR count). The lowest BCUT2D eigenvalue weighted by Crippen LogP contribution is -2.43. The first-order chi connectivity index (χ1) is 7.71. The van der Waals surface area contributed by atoms with E-state index in [2.05, 4.69) is 0 Å². The van der Waals surface area contributed by atoms with Crippen LogP contribution in [0, 0.1) is 0 Å². The maximum Gasteiger partial charge on any atom is 0.410 e. The first-order valence-electron chi connectivity index (χ1n) is 5.64. The molecule has 0 aliphatic carbocycles. The summed E-state index contributed by atoms with van der Waals surface area (Å²) in [6.07, 6.45) is -0.430. The summed E-state index contributed by atoms with van der Waals surface area (Å²) in [5.41, 5.74) is -1.97. The van der Waals surface area contributed by atoms with Crippen LogP contribution in [0.3, 0.4) is 0 Å². The molecule has 1 saturated heterocycles. The zero-order valence-corrected chi connectivity index (χ0v) is 10.5. The molecule has 0 bridgehead atoms. The van der Waals surface area contributed by atoms with Gasteiger partial charge >= 0.3 is 6.09 Å². The third kappa shape index (κ3) is 3.55. The summed E-state index contributed by atoms with van der Waals surface area (Å²) >= 11 is 0. The van der Waals surface area contributed by atoms with Gasteiger partial charge in [-0.3, -0.25) is 4.90 Å². The fraction of sp³-hybridized carbons (Fsp3) is 0.909. The topological polar surface area (TPSA) is 90.2 Å². The Bertz CT molecular complexity index is 288. The molecule has 17 heavy (non-hydrogen) atoms. The molecule has 6 heteroatoms. The highest BCUT2D eigenvalue weighted by molar-refractivity contribution is 5.69. The fourth-order valence-electron chi connectivity index (χ4n) is 1.87. The van der Waals surface area contributed by atoms with Crippen molar-refractivity contribution in [1.82, 2.24) is 4.90 Å². The van der Waals surface area contributed by atoms with Gasteiger partial charge in [-0.05, 0) is 20.8 Å². The first-order valence-corrected chi connectivity index (χ1v) is 5.64. The van der Waals surface area contributed by atoms with Crippen molar-refractivity contribution in [2.45, 2.75) is 44.4 Å². The second-order valence-corrected chi connectivity index (χ2v) is 5.53. The Labute approximate surface area is 101 Å². The van der Waals surface area contributed by atoms with Crippen molar-refractivity contribution in [2.24, 2.45) is 0 Å². The molecule has 1 heterocycles. The molecule has 1 aliphatic rings. The van der Waals surface area contributed by atoms with Crippen LogP contribution in [0.4, 0.5) is 4.79 Å². The number of β-amino-alcohol motifs (C(OH)–C–C–N with tert-alkyl or cyclic N) is 1. The Hall–Kier alpha value is -0.850. The normalized spacial score (nSPS) is 29.5. The van der Waals surface area contributed by atoms with Crippen molar-refractivity contribution >= 4 is 6.09 Å². The SMILES string of the molecule is CC(C)(C)OC(=O)N1C[C@](O)(CO)C[C@H]1CO. The smallest absolute Gasteiger partial charge is 0.410 e. The van der Waals surface area contributed by atoms with Crippen LogP contribution in [-0.4, -0.2) is 63.3 Å². The highest BCUT2D eigenvalue weighted by Crippen LogP contribution is 2.28. The molecule has 3 N–H and O–H groups in total. The number of likely N-dealkylation sites (tertiary alicyclic amines) is 1. The molecule has 1 aliphatic heterocycles. The van der Waals surface area contributed by atoms with Crippen molar-refractivity contribution in [3.8, 4) is 0 Å². The summed E-state index contributed by atoms with van der Waals surface area (Å²) in [4.78, 5) is 13.1.